The van der Waals surface area contributed by atoms with Crippen molar-refractivity contribution in [2.75, 3.05) is 0 Å². The standard InChI is InChI=1S/C12H15N3O/c1-2-15-9-12(8-14-15)16-11-5-3-10(7-13)4-6-11/h3-6,8-9H,2,7,13H2,1H3. The average Bonchev–Trinajstić information content (AvgIpc) is 2.78. The molecule has 0 amide bonds. The van der Waals surface area contributed by atoms with Crippen molar-refractivity contribution in [3.63, 3.8) is 0 Å². The Labute approximate surface area is 94.6 Å². The normalized spacial score (nSPS) is 10.4. The first-order valence-electron chi connectivity index (χ1n) is 5.31. The quantitative estimate of drug-likeness (QED) is 0.853. The molecule has 0 fully saturated rings. The molecular formula is C12H15N3O. The maximum absolute atomic E-state index is 5.64. The zero-order valence-electron chi connectivity index (χ0n) is 9.26. The van der Waals surface area contributed by atoms with Crippen LogP contribution in [-0.4, -0.2) is 9.78 Å². The highest BCUT2D eigenvalue weighted by atomic mass is 16.5. The van der Waals surface area contributed by atoms with Crippen LogP contribution in [0.2, 0.25) is 0 Å². The highest BCUT2D eigenvalue weighted by Crippen LogP contribution is 2.20. The van der Waals surface area contributed by atoms with Crippen molar-refractivity contribution >= 4 is 0 Å². The first-order chi connectivity index (χ1) is 7.81. The van der Waals surface area contributed by atoms with E-state index in [9.17, 15) is 0 Å². The summed E-state index contributed by atoms with van der Waals surface area (Å²) in [6.07, 6.45) is 3.58. The summed E-state index contributed by atoms with van der Waals surface area (Å²) in [5.74, 6) is 1.55. The van der Waals surface area contributed by atoms with Gasteiger partial charge in [-0.25, -0.2) is 0 Å². The Hall–Kier alpha value is -1.81. The molecule has 0 atom stereocenters. The predicted octanol–water partition coefficient (Wildman–Crippen LogP) is 2.15. The zero-order valence-corrected chi connectivity index (χ0v) is 9.26. The van der Waals surface area contributed by atoms with Gasteiger partial charge in [0.25, 0.3) is 0 Å². The van der Waals surface area contributed by atoms with Crippen LogP contribution < -0.4 is 10.5 Å². The summed E-state index contributed by atoms with van der Waals surface area (Å²) < 4.78 is 7.46. The van der Waals surface area contributed by atoms with Crippen molar-refractivity contribution in [3.8, 4) is 11.5 Å². The molecule has 0 bridgehead atoms. The van der Waals surface area contributed by atoms with Crippen LogP contribution in [0.15, 0.2) is 36.7 Å². The molecule has 4 nitrogen and oxygen atoms in total. The third-order valence-electron chi connectivity index (χ3n) is 2.33. The second kappa shape index (κ2) is 4.81. The molecule has 4 heteroatoms. The molecule has 0 radical (unpaired) electrons. The number of hydrogen-bond acceptors (Lipinski definition) is 3. The lowest BCUT2D eigenvalue weighted by Crippen LogP contribution is -1.95. The van der Waals surface area contributed by atoms with Crippen LogP contribution in [0.4, 0.5) is 0 Å². The summed E-state index contributed by atoms with van der Waals surface area (Å²) in [7, 11) is 0. The molecule has 0 spiro atoms. The van der Waals surface area contributed by atoms with Crippen LogP contribution in [0, 0.1) is 0 Å². The van der Waals surface area contributed by atoms with Crippen molar-refractivity contribution in [1.82, 2.24) is 9.78 Å². The number of aryl methyl sites for hydroxylation is 1. The van der Waals surface area contributed by atoms with Gasteiger partial charge in [-0.2, -0.15) is 5.10 Å². The summed E-state index contributed by atoms with van der Waals surface area (Å²) in [5, 5.41) is 4.14. The predicted molar refractivity (Wildman–Crippen MR) is 62.3 cm³/mol. The molecule has 0 aliphatic rings. The number of benzene rings is 1. The van der Waals surface area contributed by atoms with Gasteiger partial charge in [0.1, 0.15) is 5.75 Å². The first kappa shape index (κ1) is 10.7. The van der Waals surface area contributed by atoms with E-state index in [2.05, 4.69) is 5.10 Å². The second-order valence-electron chi connectivity index (χ2n) is 3.48. The molecule has 0 saturated carbocycles. The van der Waals surface area contributed by atoms with Crippen LogP contribution in [-0.2, 0) is 13.1 Å². The van der Waals surface area contributed by atoms with Gasteiger partial charge in [-0.15, -0.1) is 0 Å². The van der Waals surface area contributed by atoms with Crippen LogP contribution in [0.3, 0.4) is 0 Å². The molecule has 2 N–H and O–H groups in total. The summed E-state index contributed by atoms with van der Waals surface area (Å²) in [4.78, 5) is 0. The fraction of sp³-hybridized carbons (Fsp3) is 0.250. The van der Waals surface area contributed by atoms with Gasteiger partial charge in [0, 0.05) is 13.1 Å². The maximum atomic E-state index is 5.64. The van der Waals surface area contributed by atoms with E-state index < -0.39 is 0 Å². The van der Waals surface area contributed by atoms with Crippen molar-refractivity contribution in [2.24, 2.45) is 5.73 Å². The molecule has 16 heavy (non-hydrogen) atoms. The Morgan fingerprint density at radius 3 is 2.56 bits per heavy atom. The largest absolute Gasteiger partial charge is 0.454 e. The molecule has 0 aliphatic carbocycles. The Balaban J connectivity index is 2.08. The molecule has 0 aliphatic heterocycles. The van der Waals surface area contributed by atoms with Crippen LogP contribution in [0.5, 0.6) is 11.5 Å². The summed E-state index contributed by atoms with van der Waals surface area (Å²) >= 11 is 0. The molecule has 1 aromatic heterocycles. The molecular weight excluding hydrogens is 202 g/mol. The molecule has 2 rings (SSSR count). The minimum atomic E-state index is 0.550. The highest BCUT2D eigenvalue weighted by Gasteiger charge is 2.00. The SMILES string of the molecule is CCn1cc(Oc2ccc(CN)cc2)cn1. The number of nitrogens with two attached hydrogens (primary N) is 1. The van der Waals surface area contributed by atoms with E-state index in [-0.39, 0.29) is 0 Å². The fourth-order valence-corrected chi connectivity index (χ4v) is 1.40. The van der Waals surface area contributed by atoms with Gasteiger partial charge >= 0.3 is 0 Å². The molecule has 0 saturated heterocycles. The molecule has 1 heterocycles. The van der Waals surface area contributed by atoms with Gasteiger partial charge in [0.05, 0.1) is 12.4 Å². The van der Waals surface area contributed by atoms with E-state index in [1.807, 2.05) is 42.1 Å². The van der Waals surface area contributed by atoms with Gasteiger partial charge in [0.2, 0.25) is 0 Å². The van der Waals surface area contributed by atoms with E-state index >= 15 is 0 Å². The smallest absolute Gasteiger partial charge is 0.165 e. The lowest BCUT2D eigenvalue weighted by atomic mass is 10.2. The highest BCUT2D eigenvalue weighted by molar-refractivity contribution is 5.31. The monoisotopic (exact) mass is 217 g/mol. The first-order valence-corrected chi connectivity index (χ1v) is 5.31. The number of aromatic nitrogens is 2. The third kappa shape index (κ3) is 2.41. The van der Waals surface area contributed by atoms with Crippen molar-refractivity contribution < 1.29 is 4.74 Å². The van der Waals surface area contributed by atoms with E-state index in [0.717, 1.165) is 23.6 Å². The third-order valence-corrected chi connectivity index (χ3v) is 2.33. The molecule has 2 aromatic rings. The molecule has 84 valence electrons. The van der Waals surface area contributed by atoms with Gasteiger partial charge in [-0.1, -0.05) is 12.1 Å². The van der Waals surface area contributed by atoms with Crippen molar-refractivity contribution in [3.05, 3.63) is 42.2 Å². The fourth-order valence-electron chi connectivity index (χ4n) is 1.40. The Bertz CT molecular complexity index is 448. The van der Waals surface area contributed by atoms with E-state index in [1.165, 1.54) is 0 Å². The van der Waals surface area contributed by atoms with E-state index in [0.29, 0.717) is 6.54 Å². The van der Waals surface area contributed by atoms with Crippen LogP contribution >= 0.6 is 0 Å². The minimum absolute atomic E-state index is 0.550. The lowest BCUT2D eigenvalue weighted by molar-refractivity contribution is 0.481. The van der Waals surface area contributed by atoms with Gasteiger partial charge in [-0.3, -0.25) is 4.68 Å². The van der Waals surface area contributed by atoms with Gasteiger partial charge < -0.3 is 10.5 Å². The van der Waals surface area contributed by atoms with Crippen molar-refractivity contribution in [1.29, 1.82) is 0 Å². The molecule has 0 unspecified atom stereocenters. The lowest BCUT2D eigenvalue weighted by Gasteiger charge is -2.03. The summed E-state index contributed by atoms with van der Waals surface area (Å²) in [6, 6.07) is 7.73. The van der Waals surface area contributed by atoms with Crippen molar-refractivity contribution in [2.45, 2.75) is 20.0 Å². The Morgan fingerprint density at radius 2 is 2.00 bits per heavy atom. The minimum Gasteiger partial charge on any atom is -0.454 e. The number of nitrogens with zero attached hydrogens (tertiary/aromatic N) is 2. The van der Waals surface area contributed by atoms with E-state index in [1.54, 1.807) is 6.20 Å². The number of ether oxygens (including phenoxy) is 1. The second-order valence-corrected chi connectivity index (χ2v) is 3.48. The maximum Gasteiger partial charge on any atom is 0.165 e. The zero-order chi connectivity index (χ0) is 11.4. The average molecular weight is 217 g/mol. The van der Waals surface area contributed by atoms with Gasteiger partial charge in [-0.05, 0) is 24.6 Å². The van der Waals surface area contributed by atoms with E-state index in [4.69, 9.17) is 10.5 Å². The number of rotatable bonds is 4. The topological polar surface area (TPSA) is 53.1 Å². The summed E-state index contributed by atoms with van der Waals surface area (Å²) in [6.45, 7) is 3.43. The Morgan fingerprint density at radius 1 is 1.25 bits per heavy atom. The van der Waals surface area contributed by atoms with Crippen LogP contribution in [0.1, 0.15) is 12.5 Å². The van der Waals surface area contributed by atoms with Crippen LogP contribution in [0.25, 0.3) is 0 Å². The van der Waals surface area contributed by atoms with Gasteiger partial charge in [0.15, 0.2) is 5.75 Å². The summed E-state index contributed by atoms with van der Waals surface area (Å²) in [5.41, 5.74) is 6.61. The number of hydrogen-bond donors (Lipinski definition) is 1. The molecule has 1 aromatic carbocycles. The Kier molecular flexibility index (Phi) is 3.22.